The molecular formula is C12H23N5O. The number of hydrogen-bond acceptors (Lipinski definition) is 4. The largest absolute Gasteiger partial charge is 0.394 e. The highest BCUT2D eigenvalue weighted by Crippen LogP contribution is 2.23. The number of carbonyl (C=O) groups excluding carboxylic acids is 1. The van der Waals surface area contributed by atoms with Gasteiger partial charge in [0.2, 0.25) is 5.91 Å². The van der Waals surface area contributed by atoms with Crippen LogP contribution in [0.15, 0.2) is 0 Å². The van der Waals surface area contributed by atoms with Crippen LogP contribution in [-0.4, -0.2) is 40.2 Å². The molecule has 1 aromatic rings. The van der Waals surface area contributed by atoms with Crippen molar-refractivity contribution in [3.63, 3.8) is 0 Å². The molecule has 0 radical (unpaired) electrons. The molecule has 0 aliphatic carbocycles. The Labute approximate surface area is 108 Å². The van der Waals surface area contributed by atoms with Gasteiger partial charge in [0.1, 0.15) is 11.9 Å². The number of aryl methyl sites for hydroxylation is 2. The van der Waals surface area contributed by atoms with E-state index in [1.54, 1.807) is 16.6 Å². The van der Waals surface area contributed by atoms with Gasteiger partial charge in [0.15, 0.2) is 0 Å². The van der Waals surface area contributed by atoms with Gasteiger partial charge in [-0.15, -0.1) is 0 Å². The highest BCUT2D eigenvalue weighted by molar-refractivity contribution is 5.85. The van der Waals surface area contributed by atoms with Crippen molar-refractivity contribution in [2.24, 2.45) is 7.05 Å². The SMILES string of the molecule is CCc1nn(C)c(NC(C)C(=O)N(C)CC)c1N. The Morgan fingerprint density at radius 3 is 2.61 bits per heavy atom. The van der Waals surface area contributed by atoms with E-state index in [2.05, 4.69) is 10.4 Å². The van der Waals surface area contributed by atoms with E-state index in [-0.39, 0.29) is 11.9 Å². The van der Waals surface area contributed by atoms with Crippen LogP contribution < -0.4 is 11.1 Å². The summed E-state index contributed by atoms with van der Waals surface area (Å²) in [6, 6.07) is -0.322. The van der Waals surface area contributed by atoms with Crippen molar-refractivity contribution in [3.05, 3.63) is 5.69 Å². The topological polar surface area (TPSA) is 76.2 Å². The summed E-state index contributed by atoms with van der Waals surface area (Å²) in [5, 5.41) is 7.44. The number of carbonyl (C=O) groups is 1. The van der Waals surface area contributed by atoms with E-state index in [0.29, 0.717) is 18.1 Å². The minimum absolute atomic E-state index is 0.0381. The van der Waals surface area contributed by atoms with E-state index in [4.69, 9.17) is 5.73 Å². The van der Waals surface area contributed by atoms with E-state index in [0.717, 1.165) is 12.1 Å². The lowest BCUT2D eigenvalue weighted by molar-refractivity contribution is -0.130. The summed E-state index contributed by atoms with van der Waals surface area (Å²) >= 11 is 0. The van der Waals surface area contributed by atoms with Crippen molar-refractivity contribution in [1.82, 2.24) is 14.7 Å². The standard InChI is InChI=1S/C12H23N5O/c1-6-9-10(13)11(17(5)15-9)14-8(3)12(18)16(4)7-2/h8,14H,6-7,13H2,1-5H3. The van der Waals surface area contributed by atoms with Gasteiger partial charge in [-0.25, -0.2) is 0 Å². The highest BCUT2D eigenvalue weighted by atomic mass is 16.2. The molecule has 1 unspecified atom stereocenters. The van der Waals surface area contributed by atoms with E-state index in [1.807, 2.05) is 27.8 Å². The molecule has 6 heteroatoms. The number of nitrogens with zero attached hydrogens (tertiary/aromatic N) is 3. The minimum atomic E-state index is -0.322. The molecule has 1 amide bonds. The fraction of sp³-hybridized carbons (Fsp3) is 0.667. The number of nitrogen functional groups attached to an aromatic ring is 1. The molecule has 0 fully saturated rings. The summed E-state index contributed by atoms with van der Waals surface area (Å²) in [5.74, 6) is 0.744. The maximum atomic E-state index is 12.0. The molecule has 0 aromatic carbocycles. The Balaban J connectivity index is 2.85. The molecule has 1 aromatic heterocycles. The third-order valence-electron chi connectivity index (χ3n) is 3.07. The van der Waals surface area contributed by atoms with Crippen LogP contribution in [-0.2, 0) is 18.3 Å². The molecule has 1 atom stereocenters. The third kappa shape index (κ3) is 2.75. The van der Waals surface area contributed by atoms with E-state index < -0.39 is 0 Å². The molecule has 0 aliphatic heterocycles. The normalized spacial score (nSPS) is 12.3. The number of anilines is 2. The van der Waals surface area contributed by atoms with Gasteiger partial charge in [0.25, 0.3) is 0 Å². The smallest absolute Gasteiger partial charge is 0.244 e. The third-order valence-corrected chi connectivity index (χ3v) is 3.07. The number of hydrogen-bond donors (Lipinski definition) is 2. The van der Waals surface area contributed by atoms with E-state index >= 15 is 0 Å². The van der Waals surface area contributed by atoms with Crippen molar-refractivity contribution in [2.75, 3.05) is 24.6 Å². The van der Waals surface area contributed by atoms with Gasteiger partial charge in [0.05, 0.1) is 11.4 Å². The molecule has 0 spiro atoms. The minimum Gasteiger partial charge on any atom is -0.394 e. The fourth-order valence-corrected chi connectivity index (χ4v) is 1.78. The predicted molar refractivity (Wildman–Crippen MR) is 73.4 cm³/mol. The van der Waals surface area contributed by atoms with Crippen LogP contribution in [0.1, 0.15) is 26.5 Å². The number of amides is 1. The lowest BCUT2D eigenvalue weighted by Gasteiger charge is -2.21. The first-order valence-electron chi connectivity index (χ1n) is 6.25. The highest BCUT2D eigenvalue weighted by Gasteiger charge is 2.20. The first-order chi connectivity index (χ1) is 8.42. The van der Waals surface area contributed by atoms with Gasteiger partial charge < -0.3 is 16.0 Å². The zero-order chi connectivity index (χ0) is 13.9. The summed E-state index contributed by atoms with van der Waals surface area (Å²) in [4.78, 5) is 13.6. The maximum Gasteiger partial charge on any atom is 0.244 e. The summed E-state index contributed by atoms with van der Waals surface area (Å²) < 4.78 is 1.68. The van der Waals surface area contributed by atoms with Crippen molar-refractivity contribution in [2.45, 2.75) is 33.2 Å². The Morgan fingerprint density at radius 2 is 2.17 bits per heavy atom. The predicted octanol–water partition coefficient (Wildman–Crippen LogP) is 0.843. The first kappa shape index (κ1) is 14.3. The number of aromatic nitrogens is 2. The van der Waals surface area contributed by atoms with Crippen LogP contribution in [0.4, 0.5) is 11.5 Å². The Bertz CT molecular complexity index is 426. The number of likely N-dealkylation sites (N-methyl/N-ethyl adjacent to an activating group) is 1. The Hall–Kier alpha value is -1.72. The van der Waals surface area contributed by atoms with E-state index in [1.165, 1.54) is 0 Å². The number of nitrogens with two attached hydrogens (primary N) is 1. The molecule has 102 valence electrons. The Kier molecular flexibility index (Phi) is 4.58. The van der Waals surface area contributed by atoms with Crippen molar-refractivity contribution >= 4 is 17.4 Å². The second-order valence-corrected chi connectivity index (χ2v) is 4.40. The Morgan fingerprint density at radius 1 is 1.56 bits per heavy atom. The number of nitrogens with one attached hydrogen (secondary N) is 1. The average Bonchev–Trinajstić information content (AvgIpc) is 2.63. The second kappa shape index (κ2) is 5.75. The quantitative estimate of drug-likeness (QED) is 0.815. The first-order valence-corrected chi connectivity index (χ1v) is 6.25. The van der Waals surface area contributed by atoms with Gasteiger partial charge in [-0.2, -0.15) is 5.10 Å². The van der Waals surface area contributed by atoms with Crippen LogP contribution in [0.5, 0.6) is 0 Å². The maximum absolute atomic E-state index is 12.0. The zero-order valence-electron chi connectivity index (χ0n) is 11.8. The fourth-order valence-electron chi connectivity index (χ4n) is 1.78. The monoisotopic (exact) mass is 253 g/mol. The van der Waals surface area contributed by atoms with Crippen molar-refractivity contribution in [3.8, 4) is 0 Å². The van der Waals surface area contributed by atoms with Gasteiger partial charge >= 0.3 is 0 Å². The van der Waals surface area contributed by atoms with Crippen molar-refractivity contribution in [1.29, 1.82) is 0 Å². The summed E-state index contributed by atoms with van der Waals surface area (Å²) in [6.45, 7) is 6.46. The van der Waals surface area contributed by atoms with Crippen LogP contribution in [0.2, 0.25) is 0 Å². The van der Waals surface area contributed by atoms with Gasteiger partial charge in [-0.05, 0) is 20.3 Å². The van der Waals surface area contributed by atoms with Crippen molar-refractivity contribution < 1.29 is 4.79 Å². The van der Waals surface area contributed by atoms with Gasteiger partial charge in [0, 0.05) is 20.6 Å². The molecule has 0 bridgehead atoms. The molecule has 3 N–H and O–H groups in total. The summed E-state index contributed by atoms with van der Waals surface area (Å²) in [5.41, 5.74) is 7.48. The van der Waals surface area contributed by atoms with Gasteiger partial charge in [-0.1, -0.05) is 6.92 Å². The molecule has 1 heterocycles. The van der Waals surface area contributed by atoms with Crippen LogP contribution >= 0.6 is 0 Å². The lowest BCUT2D eigenvalue weighted by Crippen LogP contribution is -2.39. The van der Waals surface area contributed by atoms with Crippen LogP contribution in [0, 0.1) is 0 Å². The average molecular weight is 253 g/mol. The second-order valence-electron chi connectivity index (χ2n) is 4.40. The molecule has 1 rings (SSSR count). The number of rotatable bonds is 5. The molecule has 6 nitrogen and oxygen atoms in total. The summed E-state index contributed by atoms with van der Waals surface area (Å²) in [7, 11) is 3.60. The van der Waals surface area contributed by atoms with Gasteiger partial charge in [-0.3, -0.25) is 9.48 Å². The lowest BCUT2D eigenvalue weighted by atomic mass is 10.2. The van der Waals surface area contributed by atoms with E-state index in [9.17, 15) is 4.79 Å². The van der Waals surface area contributed by atoms with Crippen LogP contribution in [0.25, 0.3) is 0 Å². The molecule has 0 saturated heterocycles. The molecular weight excluding hydrogens is 230 g/mol. The zero-order valence-corrected chi connectivity index (χ0v) is 11.8. The summed E-state index contributed by atoms with van der Waals surface area (Å²) in [6.07, 6.45) is 0.776. The molecule has 0 aliphatic rings. The molecule has 18 heavy (non-hydrogen) atoms. The van der Waals surface area contributed by atoms with Crippen LogP contribution in [0.3, 0.4) is 0 Å². The molecule has 0 saturated carbocycles.